The first kappa shape index (κ1) is 23.8. The van der Waals surface area contributed by atoms with E-state index in [9.17, 15) is 9.18 Å². The normalized spacial score (nSPS) is 13.4. The van der Waals surface area contributed by atoms with E-state index in [-0.39, 0.29) is 5.69 Å². The number of amides is 1. The van der Waals surface area contributed by atoms with Crippen LogP contribution >= 0.6 is 11.6 Å². The third kappa shape index (κ3) is 5.22. The van der Waals surface area contributed by atoms with Crippen LogP contribution in [0.25, 0.3) is 17.5 Å². The number of rotatable bonds is 7. The number of benzene rings is 2. The Morgan fingerprint density at radius 3 is 2.88 bits per heavy atom. The summed E-state index contributed by atoms with van der Waals surface area (Å²) >= 11 is 6.28. The maximum absolute atomic E-state index is 14.5. The standard InChI is InChI=1S/C25H26ClFN4O3/c1-3-34-24-18(26)13-16(14-21(24)33-2)8-11-23(32)28-20-15-17(9-10-19(20)27)25-30-29-22-7-5-4-6-12-31(22)25/h8-11,13-15H,3-7,12H2,1-2H3,(H,28,32)/b11-8+. The summed E-state index contributed by atoms with van der Waals surface area (Å²) in [6.45, 7) is 3.12. The predicted octanol–water partition coefficient (Wildman–Crippen LogP) is 5.52. The van der Waals surface area contributed by atoms with Crippen molar-refractivity contribution in [1.82, 2.24) is 14.8 Å². The largest absolute Gasteiger partial charge is 0.493 e. The zero-order chi connectivity index (χ0) is 24.1. The van der Waals surface area contributed by atoms with Crippen LogP contribution < -0.4 is 14.8 Å². The van der Waals surface area contributed by atoms with Gasteiger partial charge in [0.25, 0.3) is 0 Å². The number of hydrogen-bond donors (Lipinski definition) is 1. The van der Waals surface area contributed by atoms with Gasteiger partial charge in [-0.15, -0.1) is 10.2 Å². The highest BCUT2D eigenvalue weighted by molar-refractivity contribution is 6.32. The molecular weight excluding hydrogens is 459 g/mol. The molecule has 0 saturated carbocycles. The molecule has 3 aromatic rings. The van der Waals surface area contributed by atoms with Crippen molar-refractivity contribution in [2.24, 2.45) is 0 Å². The molecule has 0 saturated heterocycles. The molecule has 0 radical (unpaired) electrons. The topological polar surface area (TPSA) is 78.3 Å². The maximum Gasteiger partial charge on any atom is 0.248 e. The van der Waals surface area contributed by atoms with Crippen molar-refractivity contribution in [3.8, 4) is 22.9 Å². The van der Waals surface area contributed by atoms with Crippen LogP contribution in [0, 0.1) is 5.82 Å². The Morgan fingerprint density at radius 2 is 2.09 bits per heavy atom. The van der Waals surface area contributed by atoms with Crippen LogP contribution in [-0.4, -0.2) is 34.4 Å². The highest BCUT2D eigenvalue weighted by atomic mass is 35.5. The number of anilines is 1. The molecule has 0 fully saturated rings. The minimum atomic E-state index is -0.535. The van der Waals surface area contributed by atoms with Crippen LogP contribution in [0.3, 0.4) is 0 Å². The number of aryl methyl sites for hydroxylation is 1. The molecule has 0 bridgehead atoms. The Labute approximate surface area is 202 Å². The van der Waals surface area contributed by atoms with Gasteiger partial charge in [0.05, 0.1) is 24.4 Å². The first-order valence-corrected chi connectivity index (χ1v) is 11.6. The van der Waals surface area contributed by atoms with Gasteiger partial charge in [-0.2, -0.15) is 0 Å². The van der Waals surface area contributed by atoms with Gasteiger partial charge >= 0.3 is 0 Å². The van der Waals surface area contributed by atoms with Gasteiger partial charge in [0.1, 0.15) is 11.6 Å². The number of nitrogens with zero attached hydrogens (tertiary/aromatic N) is 3. The Balaban J connectivity index is 1.52. The van der Waals surface area contributed by atoms with Gasteiger partial charge in [0.15, 0.2) is 17.3 Å². The minimum Gasteiger partial charge on any atom is -0.493 e. The number of nitrogens with one attached hydrogen (secondary N) is 1. The van der Waals surface area contributed by atoms with Gasteiger partial charge in [-0.3, -0.25) is 4.79 Å². The van der Waals surface area contributed by atoms with E-state index in [2.05, 4.69) is 20.1 Å². The summed E-state index contributed by atoms with van der Waals surface area (Å²) in [5.74, 6) is 1.50. The number of carbonyl (C=O) groups excluding carboxylic acids is 1. The molecule has 0 aliphatic carbocycles. The lowest BCUT2D eigenvalue weighted by molar-refractivity contribution is -0.111. The molecule has 9 heteroatoms. The Bertz CT molecular complexity index is 1230. The van der Waals surface area contributed by atoms with Crippen molar-refractivity contribution in [3.05, 3.63) is 58.6 Å². The average Bonchev–Trinajstić information content (AvgIpc) is 3.08. The SMILES string of the molecule is CCOc1c(Cl)cc(/C=C/C(=O)Nc2cc(-c3nnc4n3CCCCC4)ccc2F)cc1OC. The monoisotopic (exact) mass is 484 g/mol. The van der Waals surface area contributed by atoms with Gasteiger partial charge in [-0.1, -0.05) is 18.0 Å². The van der Waals surface area contributed by atoms with Gasteiger partial charge in [-0.25, -0.2) is 4.39 Å². The van der Waals surface area contributed by atoms with Crippen molar-refractivity contribution in [1.29, 1.82) is 0 Å². The summed E-state index contributed by atoms with van der Waals surface area (Å²) in [5, 5.41) is 11.6. The van der Waals surface area contributed by atoms with E-state index in [0.29, 0.717) is 40.1 Å². The van der Waals surface area contributed by atoms with E-state index in [4.69, 9.17) is 21.1 Å². The van der Waals surface area contributed by atoms with E-state index < -0.39 is 11.7 Å². The molecule has 0 spiro atoms. The number of carbonyl (C=O) groups is 1. The number of ether oxygens (including phenoxy) is 2. The van der Waals surface area contributed by atoms with Crippen LogP contribution in [0.5, 0.6) is 11.5 Å². The van der Waals surface area contributed by atoms with E-state index in [1.807, 2.05) is 6.92 Å². The van der Waals surface area contributed by atoms with Gasteiger partial charge in [0, 0.05) is 24.6 Å². The fraction of sp³-hybridized carbons (Fsp3) is 0.320. The molecular formula is C25H26ClFN4O3. The zero-order valence-electron chi connectivity index (χ0n) is 19.1. The average molecular weight is 485 g/mol. The molecule has 1 amide bonds. The summed E-state index contributed by atoms with van der Waals surface area (Å²) in [5.41, 5.74) is 1.41. The minimum absolute atomic E-state index is 0.0698. The van der Waals surface area contributed by atoms with Crippen LogP contribution in [-0.2, 0) is 17.8 Å². The van der Waals surface area contributed by atoms with Crippen LogP contribution in [0.2, 0.25) is 5.02 Å². The van der Waals surface area contributed by atoms with Crippen molar-refractivity contribution < 1.29 is 18.7 Å². The molecule has 7 nitrogen and oxygen atoms in total. The van der Waals surface area contributed by atoms with Gasteiger partial charge in [-0.05, 0) is 61.7 Å². The smallest absolute Gasteiger partial charge is 0.248 e. The molecule has 2 aromatic carbocycles. The molecule has 178 valence electrons. The lowest BCUT2D eigenvalue weighted by Gasteiger charge is -2.12. The Morgan fingerprint density at radius 1 is 1.24 bits per heavy atom. The first-order chi connectivity index (χ1) is 16.5. The van der Waals surface area contributed by atoms with Crippen molar-refractivity contribution >= 4 is 29.3 Å². The summed E-state index contributed by atoms with van der Waals surface area (Å²) in [4.78, 5) is 12.5. The van der Waals surface area contributed by atoms with Crippen LogP contribution in [0.15, 0.2) is 36.4 Å². The fourth-order valence-corrected chi connectivity index (χ4v) is 4.20. The number of methoxy groups -OCH3 is 1. The summed E-state index contributed by atoms with van der Waals surface area (Å²) in [6.07, 6.45) is 7.03. The third-order valence-electron chi connectivity index (χ3n) is 5.56. The third-order valence-corrected chi connectivity index (χ3v) is 5.84. The zero-order valence-corrected chi connectivity index (χ0v) is 19.9. The Kier molecular flexibility index (Phi) is 7.47. The van der Waals surface area contributed by atoms with Crippen molar-refractivity contribution in [2.45, 2.75) is 39.2 Å². The van der Waals surface area contributed by atoms with Crippen molar-refractivity contribution in [3.63, 3.8) is 0 Å². The molecule has 34 heavy (non-hydrogen) atoms. The molecule has 2 heterocycles. The van der Waals surface area contributed by atoms with Crippen LogP contribution in [0.4, 0.5) is 10.1 Å². The summed E-state index contributed by atoms with van der Waals surface area (Å²) in [7, 11) is 1.51. The molecule has 0 atom stereocenters. The second-order valence-electron chi connectivity index (χ2n) is 7.89. The lowest BCUT2D eigenvalue weighted by atomic mass is 10.1. The molecule has 4 rings (SSSR count). The fourth-order valence-electron chi connectivity index (χ4n) is 3.93. The number of fused-ring (bicyclic) bond motifs is 1. The molecule has 0 unspecified atom stereocenters. The van der Waals surface area contributed by atoms with Gasteiger partial charge < -0.3 is 19.4 Å². The van der Waals surface area contributed by atoms with E-state index in [1.54, 1.807) is 30.3 Å². The molecule has 1 aromatic heterocycles. The number of hydrogen-bond acceptors (Lipinski definition) is 5. The predicted molar refractivity (Wildman–Crippen MR) is 130 cm³/mol. The molecule has 1 N–H and O–H groups in total. The highest BCUT2D eigenvalue weighted by Crippen LogP contribution is 2.36. The Hall–Kier alpha value is -3.39. The molecule has 1 aliphatic rings. The van der Waals surface area contributed by atoms with E-state index >= 15 is 0 Å². The van der Waals surface area contributed by atoms with Crippen LogP contribution in [0.1, 0.15) is 37.6 Å². The maximum atomic E-state index is 14.5. The van der Waals surface area contributed by atoms with E-state index in [0.717, 1.165) is 38.1 Å². The number of halogens is 2. The first-order valence-electron chi connectivity index (χ1n) is 11.2. The molecule has 1 aliphatic heterocycles. The quantitative estimate of drug-likeness (QED) is 0.446. The lowest BCUT2D eigenvalue weighted by Crippen LogP contribution is -2.10. The second kappa shape index (κ2) is 10.7. The second-order valence-corrected chi connectivity index (χ2v) is 8.29. The highest BCUT2D eigenvalue weighted by Gasteiger charge is 2.17. The van der Waals surface area contributed by atoms with Gasteiger partial charge in [0.2, 0.25) is 5.91 Å². The summed E-state index contributed by atoms with van der Waals surface area (Å²) < 4.78 is 27.4. The van der Waals surface area contributed by atoms with E-state index in [1.165, 1.54) is 19.3 Å². The van der Waals surface area contributed by atoms with Crippen molar-refractivity contribution in [2.75, 3.05) is 19.0 Å². The number of aromatic nitrogens is 3. The summed E-state index contributed by atoms with van der Waals surface area (Å²) in [6, 6.07) is 7.93.